The molecular weight excluding hydrogens is 316 g/mol. The van der Waals surface area contributed by atoms with Crippen molar-refractivity contribution in [3.63, 3.8) is 0 Å². The van der Waals surface area contributed by atoms with Crippen LogP contribution in [0.5, 0.6) is 0 Å². The molecule has 1 unspecified atom stereocenters. The van der Waals surface area contributed by atoms with Gasteiger partial charge in [-0.3, -0.25) is 0 Å². The van der Waals surface area contributed by atoms with Crippen LogP contribution in [0.4, 0.5) is 0 Å². The summed E-state index contributed by atoms with van der Waals surface area (Å²) in [5.74, 6) is 0. The van der Waals surface area contributed by atoms with Gasteiger partial charge in [0.15, 0.2) is 0 Å². The zero-order valence-electron chi connectivity index (χ0n) is 10.1. The summed E-state index contributed by atoms with van der Waals surface area (Å²) < 4.78 is 1.17. The van der Waals surface area contributed by atoms with E-state index in [1.165, 1.54) is 30.9 Å². The average Bonchev–Trinajstić information content (AvgIpc) is 2.58. The Hall–Kier alpha value is -0.310. The van der Waals surface area contributed by atoms with Crippen LogP contribution in [0.2, 0.25) is 0 Å². The fraction of sp³-hybridized carbons (Fsp3) is 0.286. The first-order chi connectivity index (χ1) is 7.99. The van der Waals surface area contributed by atoms with Crippen LogP contribution in [0.1, 0.15) is 32.5 Å². The predicted octanol–water partition coefficient (Wildman–Crippen LogP) is 5.76. The lowest BCUT2D eigenvalue weighted by Crippen LogP contribution is -1.94. The van der Waals surface area contributed by atoms with Crippen molar-refractivity contribution in [1.82, 2.24) is 0 Å². The second-order valence-corrected chi connectivity index (χ2v) is 7.17. The smallest absolute Gasteiger partial charge is 0.0930 e. The van der Waals surface area contributed by atoms with Gasteiger partial charge in [-0.1, -0.05) is 23.8 Å². The standard InChI is InChI=1S/C14H14BrClS/c1-8-4-5-11(9(2)6-8)13(16)12-7-10(3)14(15)17-12/h4-7,13H,1-3H3. The molecule has 0 fully saturated rings. The van der Waals surface area contributed by atoms with E-state index in [4.69, 9.17) is 11.6 Å². The van der Waals surface area contributed by atoms with Crippen molar-refractivity contribution < 1.29 is 0 Å². The fourth-order valence-corrected chi connectivity index (χ4v) is 3.88. The first-order valence-electron chi connectivity index (χ1n) is 5.46. The Bertz CT molecular complexity index is 526. The van der Waals surface area contributed by atoms with Gasteiger partial charge >= 0.3 is 0 Å². The van der Waals surface area contributed by atoms with Gasteiger partial charge in [-0.25, -0.2) is 0 Å². The van der Waals surface area contributed by atoms with E-state index in [-0.39, 0.29) is 5.38 Å². The highest BCUT2D eigenvalue weighted by atomic mass is 79.9. The zero-order chi connectivity index (χ0) is 12.6. The van der Waals surface area contributed by atoms with Gasteiger partial charge in [-0.2, -0.15) is 0 Å². The molecule has 0 radical (unpaired) electrons. The highest BCUT2D eigenvalue weighted by Gasteiger charge is 2.16. The molecular formula is C14H14BrClS. The van der Waals surface area contributed by atoms with Gasteiger partial charge in [0.25, 0.3) is 0 Å². The normalized spacial score (nSPS) is 12.8. The van der Waals surface area contributed by atoms with Gasteiger partial charge in [0.05, 0.1) is 9.16 Å². The molecule has 17 heavy (non-hydrogen) atoms. The minimum atomic E-state index is -0.0504. The highest BCUT2D eigenvalue weighted by molar-refractivity contribution is 9.11. The largest absolute Gasteiger partial charge is 0.131 e. The molecule has 1 atom stereocenters. The second-order valence-electron chi connectivity index (χ2n) is 4.33. The van der Waals surface area contributed by atoms with Crippen LogP contribution < -0.4 is 0 Å². The number of benzene rings is 1. The number of thiophene rings is 1. The molecule has 0 aliphatic rings. The van der Waals surface area contributed by atoms with Gasteiger partial charge in [-0.15, -0.1) is 22.9 Å². The summed E-state index contributed by atoms with van der Waals surface area (Å²) in [4.78, 5) is 1.20. The van der Waals surface area contributed by atoms with Crippen molar-refractivity contribution in [2.24, 2.45) is 0 Å². The molecule has 1 aromatic heterocycles. The van der Waals surface area contributed by atoms with Crippen molar-refractivity contribution in [1.29, 1.82) is 0 Å². The minimum absolute atomic E-state index is 0.0504. The van der Waals surface area contributed by atoms with E-state index < -0.39 is 0 Å². The number of rotatable bonds is 2. The third kappa shape index (κ3) is 2.75. The van der Waals surface area contributed by atoms with Crippen LogP contribution in [0, 0.1) is 20.8 Å². The van der Waals surface area contributed by atoms with E-state index in [0.29, 0.717) is 0 Å². The summed E-state index contributed by atoms with van der Waals surface area (Å²) in [6, 6.07) is 8.59. The maximum Gasteiger partial charge on any atom is 0.0930 e. The van der Waals surface area contributed by atoms with Crippen LogP contribution in [-0.4, -0.2) is 0 Å². The van der Waals surface area contributed by atoms with Crippen molar-refractivity contribution in [3.05, 3.63) is 55.2 Å². The summed E-state index contributed by atoms with van der Waals surface area (Å²) in [5.41, 5.74) is 4.98. The molecule has 0 bridgehead atoms. The second kappa shape index (κ2) is 5.13. The number of halogens is 2. The molecule has 90 valence electrons. The summed E-state index contributed by atoms with van der Waals surface area (Å²) in [7, 11) is 0. The lowest BCUT2D eigenvalue weighted by Gasteiger charge is -2.11. The van der Waals surface area contributed by atoms with E-state index in [0.717, 1.165) is 0 Å². The Morgan fingerprint density at radius 2 is 1.82 bits per heavy atom. The topological polar surface area (TPSA) is 0 Å². The van der Waals surface area contributed by atoms with Crippen molar-refractivity contribution in [2.75, 3.05) is 0 Å². The maximum absolute atomic E-state index is 6.56. The summed E-state index contributed by atoms with van der Waals surface area (Å²) in [6.07, 6.45) is 0. The molecule has 0 aliphatic carbocycles. The molecule has 0 saturated carbocycles. The number of hydrogen-bond donors (Lipinski definition) is 0. The van der Waals surface area contributed by atoms with Gasteiger partial charge in [-0.05, 0) is 59.5 Å². The van der Waals surface area contributed by atoms with E-state index in [9.17, 15) is 0 Å². The first-order valence-corrected chi connectivity index (χ1v) is 7.50. The predicted molar refractivity (Wildman–Crippen MR) is 80.4 cm³/mol. The lowest BCUT2D eigenvalue weighted by atomic mass is 10.0. The Labute approximate surface area is 120 Å². The van der Waals surface area contributed by atoms with Crippen LogP contribution in [0.25, 0.3) is 0 Å². The van der Waals surface area contributed by atoms with Crippen molar-refractivity contribution >= 4 is 38.9 Å². The minimum Gasteiger partial charge on any atom is -0.131 e. The maximum atomic E-state index is 6.56. The van der Waals surface area contributed by atoms with Gasteiger partial charge in [0.2, 0.25) is 0 Å². The molecule has 1 aromatic carbocycles. The van der Waals surface area contributed by atoms with Gasteiger partial charge in [0, 0.05) is 4.88 Å². The Morgan fingerprint density at radius 3 is 2.35 bits per heavy atom. The monoisotopic (exact) mass is 328 g/mol. The van der Waals surface area contributed by atoms with E-state index in [1.807, 2.05) is 0 Å². The van der Waals surface area contributed by atoms with E-state index in [2.05, 4.69) is 61.0 Å². The molecule has 0 saturated heterocycles. The van der Waals surface area contributed by atoms with Crippen molar-refractivity contribution in [2.45, 2.75) is 26.1 Å². The first kappa shape index (κ1) is 13.1. The summed E-state index contributed by atoms with van der Waals surface area (Å²) >= 11 is 11.8. The molecule has 0 nitrogen and oxygen atoms in total. The number of aryl methyl sites for hydroxylation is 3. The van der Waals surface area contributed by atoms with E-state index in [1.54, 1.807) is 11.3 Å². The summed E-state index contributed by atoms with van der Waals surface area (Å²) in [5, 5.41) is -0.0504. The Kier molecular flexibility index (Phi) is 3.96. The fourth-order valence-electron chi connectivity index (χ4n) is 1.87. The van der Waals surface area contributed by atoms with Gasteiger partial charge in [0.1, 0.15) is 0 Å². The van der Waals surface area contributed by atoms with Crippen LogP contribution in [0.3, 0.4) is 0 Å². The third-order valence-electron chi connectivity index (χ3n) is 2.82. The Morgan fingerprint density at radius 1 is 1.12 bits per heavy atom. The highest BCUT2D eigenvalue weighted by Crippen LogP contribution is 2.38. The lowest BCUT2D eigenvalue weighted by molar-refractivity contribution is 1.13. The van der Waals surface area contributed by atoms with Crippen LogP contribution >= 0.6 is 38.9 Å². The molecule has 2 aromatic rings. The molecule has 0 aliphatic heterocycles. The van der Waals surface area contributed by atoms with Crippen LogP contribution in [-0.2, 0) is 0 Å². The summed E-state index contributed by atoms with van der Waals surface area (Å²) in [6.45, 7) is 6.31. The average molecular weight is 330 g/mol. The molecule has 0 spiro atoms. The Balaban J connectivity index is 2.39. The molecule has 2 rings (SSSR count). The zero-order valence-corrected chi connectivity index (χ0v) is 13.2. The third-order valence-corrected chi connectivity index (χ3v) is 5.63. The molecule has 0 N–H and O–H groups in total. The van der Waals surface area contributed by atoms with Crippen molar-refractivity contribution in [3.8, 4) is 0 Å². The van der Waals surface area contributed by atoms with Crippen LogP contribution in [0.15, 0.2) is 28.1 Å². The van der Waals surface area contributed by atoms with E-state index >= 15 is 0 Å². The molecule has 1 heterocycles. The number of alkyl halides is 1. The number of hydrogen-bond acceptors (Lipinski definition) is 1. The molecule has 0 amide bonds. The van der Waals surface area contributed by atoms with Gasteiger partial charge < -0.3 is 0 Å². The SMILES string of the molecule is Cc1ccc(C(Cl)c2cc(C)c(Br)s2)c(C)c1. The quantitative estimate of drug-likeness (QED) is 0.614. The molecule has 3 heteroatoms.